The number of rotatable bonds is 6. The first kappa shape index (κ1) is 19.2. The molecule has 3 aromatic rings. The van der Waals surface area contributed by atoms with Crippen molar-refractivity contribution in [3.05, 3.63) is 41.2 Å². The van der Waals surface area contributed by atoms with E-state index in [0.717, 1.165) is 30.4 Å². The number of nitrogens with zero attached hydrogens (tertiary/aromatic N) is 2. The minimum atomic E-state index is 0.530. The zero-order valence-corrected chi connectivity index (χ0v) is 18.2. The van der Waals surface area contributed by atoms with Gasteiger partial charge in [0.25, 0.3) is 0 Å². The van der Waals surface area contributed by atoms with Crippen LogP contribution in [0.2, 0.25) is 0 Å². The number of benzene rings is 1. The number of anilines is 2. The summed E-state index contributed by atoms with van der Waals surface area (Å²) in [6.45, 7) is 3.67. The molecule has 152 valence electrons. The molecular formula is C22H26N4OS2. The molecule has 0 atom stereocenters. The van der Waals surface area contributed by atoms with Crippen LogP contribution in [0.4, 0.5) is 11.5 Å². The number of thiazole rings is 1. The van der Waals surface area contributed by atoms with Crippen LogP contribution in [0.25, 0.3) is 10.4 Å². The van der Waals surface area contributed by atoms with Gasteiger partial charge in [-0.05, 0) is 31.9 Å². The predicted molar refractivity (Wildman–Crippen MR) is 120 cm³/mol. The molecule has 7 heteroatoms. The largest absolute Gasteiger partial charge is 0.379 e. The van der Waals surface area contributed by atoms with E-state index in [1.807, 2.05) is 36.1 Å². The summed E-state index contributed by atoms with van der Waals surface area (Å²) in [5.74, 6) is 1.50. The third-order valence-electron chi connectivity index (χ3n) is 5.60. The Balaban J connectivity index is 1.42. The molecule has 0 unspecified atom stereocenters. The van der Waals surface area contributed by atoms with Gasteiger partial charge in [-0.15, -0.1) is 23.1 Å². The van der Waals surface area contributed by atoms with Crippen LogP contribution in [0.1, 0.15) is 48.7 Å². The van der Waals surface area contributed by atoms with Gasteiger partial charge < -0.3 is 10.1 Å². The Morgan fingerprint density at radius 3 is 2.76 bits per heavy atom. The van der Waals surface area contributed by atoms with Crippen LogP contribution < -0.4 is 5.32 Å². The molecule has 5 nitrogen and oxygen atoms in total. The summed E-state index contributed by atoms with van der Waals surface area (Å²) in [6, 6.07) is 8.62. The number of hydrogen-bond donors (Lipinski definition) is 2. The van der Waals surface area contributed by atoms with Crippen LogP contribution in [-0.2, 0) is 4.74 Å². The van der Waals surface area contributed by atoms with Crippen LogP contribution >= 0.6 is 23.1 Å². The van der Waals surface area contributed by atoms with E-state index < -0.39 is 0 Å². The van der Waals surface area contributed by atoms with E-state index in [4.69, 9.17) is 9.72 Å². The highest BCUT2D eigenvalue weighted by molar-refractivity contribution is 8.00. The molecule has 1 aliphatic heterocycles. The fourth-order valence-corrected chi connectivity index (χ4v) is 6.32. The van der Waals surface area contributed by atoms with Gasteiger partial charge in [0, 0.05) is 40.0 Å². The lowest BCUT2D eigenvalue weighted by Crippen LogP contribution is -2.30. The number of H-pyrrole nitrogens is 1. The molecule has 2 N–H and O–H groups in total. The number of aromatic nitrogens is 3. The smallest absolute Gasteiger partial charge is 0.152 e. The molecule has 5 rings (SSSR count). The molecule has 2 aliphatic rings. The van der Waals surface area contributed by atoms with Crippen molar-refractivity contribution in [3.63, 3.8) is 0 Å². The summed E-state index contributed by atoms with van der Waals surface area (Å²) in [4.78, 5) is 7.38. The molecule has 0 amide bonds. The Kier molecular flexibility index (Phi) is 5.61. The van der Waals surface area contributed by atoms with Gasteiger partial charge in [-0.1, -0.05) is 25.3 Å². The second-order valence-corrected chi connectivity index (χ2v) is 10.4. The Labute approximate surface area is 179 Å². The Bertz CT molecular complexity index is 973. The molecule has 0 bridgehead atoms. The van der Waals surface area contributed by atoms with Crippen LogP contribution in [0.5, 0.6) is 0 Å². The van der Waals surface area contributed by atoms with E-state index in [1.54, 1.807) is 0 Å². The van der Waals surface area contributed by atoms with Gasteiger partial charge >= 0.3 is 0 Å². The minimum Gasteiger partial charge on any atom is -0.379 e. The van der Waals surface area contributed by atoms with Crippen molar-refractivity contribution < 1.29 is 4.74 Å². The summed E-state index contributed by atoms with van der Waals surface area (Å²) in [6.07, 6.45) is 8.73. The molecular weight excluding hydrogens is 400 g/mol. The van der Waals surface area contributed by atoms with Crippen LogP contribution in [-0.4, -0.2) is 33.6 Å². The lowest BCUT2D eigenvalue weighted by atomic mass is 9.90. The Morgan fingerprint density at radius 2 is 2.03 bits per heavy atom. The first-order valence-corrected chi connectivity index (χ1v) is 12.1. The maximum Gasteiger partial charge on any atom is 0.152 e. The fourth-order valence-electron chi connectivity index (χ4n) is 3.94. The van der Waals surface area contributed by atoms with E-state index in [0.29, 0.717) is 11.2 Å². The fraction of sp³-hybridized carbons (Fsp3) is 0.455. The quantitative estimate of drug-likeness (QED) is 0.497. The zero-order chi connectivity index (χ0) is 19.6. The molecule has 1 saturated heterocycles. The second kappa shape index (κ2) is 8.50. The molecule has 3 heterocycles. The molecule has 29 heavy (non-hydrogen) atoms. The molecule has 2 fully saturated rings. The van der Waals surface area contributed by atoms with Crippen molar-refractivity contribution >= 4 is 34.6 Å². The zero-order valence-electron chi connectivity index (χ0n) is 16.6. The molecule has 2 aromatic heterocycles. The van der Waals surface area contributed by atoms with Crippen LogP contribution in [0.3, 0.4) is 0 Å². The van der Waals surface area contributed by atoms with E-state index >= 15 is 0 Å². The Hall–Kier alpha value is -1.83. The standard InChI is InChI=1S/C22H26N4OS2/c1-14-9-21(26-25-14)24-16-7-8-18(19(10-16)28-17-12-27-13-17)20-11-23-22(29-20)15-5-3-2-4-6-15/h7-11,15,17H,2-6,12-13H2,1H3,(H2,24,25,26). The van der Waals surface area contributed by atoms with Crippen LogP contribution in [0, 0.1) is 6.92 Å². The number of thioether (sulfide) groups is 1. The minimum absolute atomic E-state index is 0.530. The number of hydrogen-bond acceptors (Lipinski definition) is 6. The summed E-state index contributed by atoms with van der Waals surface area (Å²) in [5.41, 5.74) is 3.38. The number of aryl methyl sites for hydroxylation is 1. The molecule has 1 aliphatic carbocycles. The maximum atomic E-state index is 5.40. The van der Waals surface area contributed by atoms with Crippen molar-refractivity contribution in [1.29, 1.82) is 0 Å². The first-order valence-electron chi connectivity index (χ1n) is 10.4. The third-order valence-corrected chi connectivity index (χ3v) is 7.99. The lowest BCUT2D eigenvalue weighted by Gasteiger charge is -2.26. The topological polar surface area (TPSA) is 62.8 Å². The SMILES string of the molecule is Cc1cc(Nc2ccc(-c3cnc(C4CCCCC4)s3)c(SC3COC3)c2)n[nH]1. The van der Waals surface area contributed by atoms with Crippen molar-refractivity contribution in [1.82, 2.24) is 15.2 Å². The number of aromatic amines is 1. The number of ether oxygens (including phenoxy) is 1. The number of nitrogens with one attached hydrogen (secondary N) is 2. The van der Waals surface area contributed by atoms with Gasteiger partial charge in [-0.2, -0.15) is 5.10 Å². The van der Waals surface area contributed by atoms with Gasteiger partial charge in [-0.3, -0.25) is 5.10 Å². The summed E-state index contributed by atoms with van der Waals surface area (Å²) in [7, 11) is 0. The van der Waals surface area contributed by atoms with Gasteiger partial charge in [-0.25, -0.2) is 4.98 Å². The van der Waals surface area contributed by atoms with Gasteiger partial charge in [0.15, 0.2) is 5.82 Å². The van der Waals surface area contributed by atoms with Gasteiger partial charge in [0.2, 0.25) is 0 Å². The maximum absolute atomic E-state index is 5.40. The highest BCUT2D eigenvalue weighted by Crippen LogP contribution is 2.42. The van der Waals surface area contributed by atoms with Gasteiger partial charge in [0.05, 0.1) is 28.3 Å². The highest BCUT2D eigenvalue weighted by atomic mass is 32.2. The van der Waals surface area contributed by atoms with E-state index in [1.165, 1.54) is 52.4 Å². The van der Waals surface area contributed by atoms with Crippen molar-refractivity contribution in [2.75, 3.05) is 18.5 Å². The predicted octanol–water partition coefficient (Wildman–Crippen LogP) is 6.12. The average molecular weight is 427 g/mol. The summed E-state index contributed by atoms with van der Waals surface area (Å²) in [5, 5.41) is 12.5. The van der Waals surface area contributed by atoms with Gasteiger partial charge in [0.1, 0.15) is 0 Å². The van der Waals surface area contributed by atoms with Crippen molar-refractivity contribution in [2.45, 2.75) is 55.1 Å². The molecule has 0 spiro atoms. The average Bonchev–Trinajstić information content (AvgIpc) is 3.35. The third kappa shape index (κ3) is 4.37. The van der Waals surface area contributed by atoms with E-state index in [-0.39, 0.29) is 0 Å². The first-order chi connectivity index (χ1) is 14.2. The Morgan fingerprint density at radius 1 is 1.17 bits per heavy atom. The van der Waals surface area contributed by atoms with E-state index in [2.05, 4.69) is 39.9 Å². The summed E-state index contributed by atoms with van der Waals surface area (Å²) >= 11 is 3.79. The second-order valence-electron chi connectivity index (χ2n) is 7.95. The van der Waals surface area contributed by atoms with Crippen molar-refractivity contribution in [2.24, 2.45) is 0 Å². The molecule has 1 aromatic carbocycles. The lowest BCUT2D eigenvalue weighted by molar-refractivity contribution is 0.0455. The van der Waals surface area contributed by atoms with Crippen molar-refractivity contribution in [3.8, 4) is 10.4 Å². The normalized spacial score (nSPS) is 18.0. The summed E-state index contributed by atoms with van der Waals surface area (Å²) < 4.78 is 5.40. The highest BCUT2D eigenvalue weighted by Gasteiger charge is 2.23. The van der Waals surface area contributed by atoms with Crippen LogP contribution in [0.15, 0.2) is 35.4 Å². The van der Waals surface area contributed by atoms with E-state index in [9.17, 15) is 0 Å². The molecule has 1 saturated carbocycles. The molecule has 0 radical (unpaired) electrons. The monoisotopic (exact) mass is 426 g/mol.